The Morgan fingerprint density at radius 1 is 0.765 bits per heavy atom. The molecule has 3 aromatic carbocycles. The predicted octanol–water partition coefficient (Wildman–Crippen LogP) is 4.97. The van der Waals surface area contributed by atoms with Gasteiger partial charge in [-0.25, -0.2) is 17.2 Å². The van der Waals surface area contributed by atoms with E-state index in [1.807, 2.05) is 0 Å². The highest BCUT2D eigenvalue weighted by Gasteiger charge is 2.20. The standard InChI is InChI=1S/C24H23F2NO6S/c1-30-21-12-16(13-22(31-2)24(21)33-4)9-8-15-10-19(26)23(32-3)20(11-15)27-34(28,29)18-7-5-6-17(25)14-18/h5-14,27H,1-4H3. The van der Waals surface area contributed by atoms with Crippen molar-refractivity contribution in [3.05, 3.63) is 71.3 Å². The maximum absolute atomic E-state index is 14.7. The number of hydrogen-bond acceptors (Lipinski definition) is 6. The molecule has 0 aromatic heterocycles. The van der Waals surface area contributed by atoms with Gasteiger partial charge in [-0.05, 0) is 53.6 Å². The minimum absolute atomic E-state index is 0.142. The third-order valence-electron chi connectivity index (χ3n) is 4.78. The van der Waals surface area contributed by atoms with Gasteiger partial charge in [0.1, 0.15) is 5.82 Å². The van der Waals surface area contributed by atoms with E-state index in [4.69, 9.17) is 18.9 Å². The molecule has 0 saturated heterocycles. The van der Waals surface area contributed by atoms with Gasteiger partial charge in [-0.2, -0.15) is 0 Å². The second-order valence-corrected chi connectivity index (χ2v) is 8.62. The molecule has 3 aromatic rings. The molecule has 10 heteroatoms. The molecule has 0 aliphatic heterocycles. The average Bonchev–Trinajstić information content (AvgIpc) is 2.81. The van der Waals surface area contributed by atoms with Crippen LogP contribution in [-0.2, 0) is 10.0 Å². The number of anilines is 1. The van der Waals surface area contributed by atoms with Crippen LogP contribution >= 0.6 is 0 Å². The topological polar surface area (TPSA) is 83.1 Å². The van der Waals surface area contributed by atoms with Gasteiger partial charge in [-0.3, -0.25) is 4.72 Å². The van der Waals surface area contributed by atoms with Crippen molar-refractivity contribution in [3.8, 4) is 23.0 Å². The first-order chi connectivity index (χ1) is 16.2. The first-order valence-electron chi connectivity index (χ1n) is 9.86. The summed E-state index contributed by atoms with van der Waals surface area (Å²) in [5.41, 5.74) is 0.855. The Morgan fingerprint density at radius 2 is 1.35 bits per heavy atom. The highest BCUT2D eigenvalue weighted by molar-refractivity contribution is 7.92. The maximum atomic E-state index is 14.7. The third-order valence-corrected chi connectivity index (χ3v) is 6.14. The number of sulfonamides is 1. The molecule has 34 heavy (non-hydrogen) atoms. The van der Waals surface area contributed by atoms with Crippen molar-refractivity contribution >= 4 is 27.9 Å². The molecule has 0 spiro atoms. The number of halogens is 2. The molecule has 180 valence electrons. The van der Waals surface area contributed by atoms with Crippen LogP contribution in [0.1, 0.15) is 11.1 Å². The highest BCUT2D eigenvalue weighted by Crippen LogP contribution is 2.39. The van der Waals surface area contributed by atoms with Gasteiger partial charge in [-0.1, -0.05) is 18.2 Å². The van der Waals surface area contributed by atoms with E-state index in [2.05, 4.69) is 4.72 Å². The lowest BCUT2D eigenvalue weighted by molar-refractivity contribution is 0.324. The zero-order chi connectivity index (χ0) is 24.9. The number of nitrogens with one attached hydrogen (secondary N) is 1. The van der Waals surface area contributed by atoms with Crippen LogP contribution < -0.4 is 23.7 Å². The summed E-state index contributed by atoms with van der Waals surface area (Å²) >= 11 is 0. The summed E-state index contributed by atoms with van der Waals surface area (Å²) in [6.07, 6.45) is 3.24. The van der Waals surface area contributed by atoms with E-state index in [1.165, 1.54) is 52.7 Å². The second kappa shape index (κ2) is 10.4. The Bertz CT molecular complexity index is 1300. The van der Waals surface area contributed by atoms with Gasteiger partial charge in [0.25, 0.3) is 10.0 Å². The fourth-order valence-corrected chi connectivity index (χ4v) is 4.31. The molecule has 3 rings (SSSR count). The molecular formula is C24H23F2NO6S. The van der Waals surface area contributed by atoms with Crippen molar-refractivity contribution in [1.82, 2.24) is 0 Å². The Hall–Kier alpha value is -3.79. The monoisotopic (exact) mass is 491 g/mol. The van der Waals surface area contributed by atoms with Gasteiger partial charge in [-0.15, -0.1) is 0 Å². The summed E-state index contributed by atoms with van der Waals surface area (Å²) in [7, 11) is 1.47. The molecule has 0 aliphatic rings. The van der Waals surface area contributed by atoms with Gasteiger partial charge >= 0.3 is 0 Å². The highest BCUT2D eigenvalue weighted by atomic mass is 32.2. The summed E-state index contributed by atoms with van der Waals surface area (Å²) in [6, 6.07) is 10.4. The Balaban J connectivity index is 1.99. The molecule has 0 unspecified atom stereocenters. The van der Waals surface area contributed by atoms with Gasteiger partial charge in [0.05, 0.1) is 39.0 Å². The number of ether oxygens (including phenoxy) is 4. The molecule has 0 heterocycles. The van der Waals surface area contributed by atoms with E-state index in [9.17, 15) is 17.2 Å². The number of rotatable bonds is 9. The number of hydrogen-bond donors (Lipinski definition) is 1. The van der Waals surface area contributed by atoms with E-state index >= 15 is 0 Å². The summed E-state index contributed by atoms with van der Waals surface area (Å²) in [4.78, 5) is -0.312. The van der Waals surface area contributed by atoms with Gasteiger partial charge in [0, 0.05) is 0 Å². The summed E-state index contributed by atoms with van der Waals surface area (Å²) in [5, 5.41) is 0. The fourth-order valence-electron chi connectivity index (χ4n) is 3.22. The normalized spacial score (nSPS) is 11.4. The van der Waals surface area contributed by atoms with Gasteiger partial charge in [0.2, 0.25) is 5.75 Å². The van der Waals surface area contributed by atoms with Crippen LogP contribution in [-0.4, -0.2) is 36.9 Å². The molecule has 0 bridgehead atoms. The summed E-state index contributed by atoms with van der Waals surface area (Å²) in [6.45, 7) is 0. The molecule has 0 fully saturated rings. The second-order valence-electron chi connectivity index (χ2n) is 6.94. The lowest BCUT2D eigenvalue weighted by Crippen LogP contribution is -2.14. The molecule has 0 aliphatic carbocycles. The Labute approximate surface area is 196 Å². The fraction of sp³-hybridized carbons (Fsp3) is 0.167. The Morgan fingerprint density at radius 3 is 1.88 bits per heavy atom. The SMILES string of the molecule is COc1cc(C=Cc2cc(F)c(OC)c(NS(=O)(=O)c3cccc(F)c3)c2)cc(OC)c1OC. The van der Waals surface area contributed by atoms with Crippen molar-refractivity contribution < 1.29 is 36.1 Å². The van der Waals surface area contributed by atoms with Crippen LogP contribution in [0.15, 0.2) is 53.4 Å². The molecule has 0 amide bonds. The first-order valence-corrected chi connectivity index (χ1v) is 11.3. The predicted molar refractivity (Wildman–Crippen MR) is 125 cm³/mol. The zero-order valence-corrected chi connectivity index (χ0v) is 19.7. The first kappa shape index (κ1) is 24.8. The molecule has 0 atom stereocenters. The minimum atomic E-state index is -4.20. The minimum Gasteiger partial charge on any atom is -0.493 e. The smallest absolute Gasteiger partial charge is 0.262 e. The summed E-state index contributed by atoms with van der Waals surface area (Å²) in [5.74, 6) is -0.511. The average molecular weight is 492 g/mol. The van der Waals surface area contributed by atoms with Crippen molar-refractivity contribution in [2.75, 3.05) is 33.2 Å². The quantitative estimate of drug-likeness (QED) is 0.426. The van der Waals surface area contributed by atoms with E-state index in [-0.39, 0.29) is 16.3 Å². The van der Waals surface area contributed by atoms with E-state index in [1.54, 1.807) is 24.3 Å². The van der Waals surface area contributed by atoms with Crippen LogP contribution in [0.5, 0.6) is 23.0 Å². The molecule has 0 saturated carbocycles. The molecule has 7 nitrogen and oxygen atoms in total. The molecular weight excluding hydrogens is 468 g/mol. The largest absolute Gasteiger partial charge is 0.493 e. The van der Waals surface area contributed by atoms with Crippen molar-refractivity contribution in [1.29, 1.82) is 0 Å². The van der Waals surface area contributed by atoms with Gasteiger partial charge in [0.15, 0.2) is 23.1 Å². The third kappa shape index (κ3) is 5.40. The number of methoxy groups -OCH3 is 4. The lowest BCUT2D eigenvalue weighted by Gasteiger charge is -2.14. The van der Waals surface area contributed by atoms with Crippen LogP contribution in [0.2, 0.25) is 0 Å². The van der Waals surface area contributed by atoms with Crippen molar-refractivity contribution in [2.45, 2.75) is 4.90 Å². The molecule has 0 radical (unpaired) electrons. The number of benzene rings is 3. The van der Waals surface area contributed by atoms with Crippen molar-refractivity contribution in [2.24, 2.45) is 0 Å². The van der Waals surface area contributed by atoms with E-state index in [0.717, 1.165) is 12.1 Å². The van der Waals surface area contributed by atoms with E-state index < -0.39 is 21.7 Å². The molecule has 1 N–H and O–H groups in total. The van der Waals surface area contributed by atoms with Crippen molar-refractivity contribution in [3.63, 3.8) is 0 Å². The van der Waals surface area contributed by atoms with Crippen LogP contribution in [0.3, 0.4) is 0 Å². The Kier molecular flexibility index (Phi) is 7.62. The van der Waals surface area contributed by atoms with E-state index in [0.29, 0.717) is 28.4 Å². The zero-order valence-electron chi connectivity index (χ0n) is 18.9. The summed E-state index contributed by atoms with van der Waals surface area (Å²) < 4.78 is 76.9. The maximum Gasteiger partial charge on any atom is 0.262 e. The van der Waals surface area contributed by atoms with Crippen LogP contribution in [0, 0.1) is 11.6 Å². The van der Waals surface area contributed by atoms with Crippen LogP contribution in [0.25, 0.3) is 12.2 Å². The van der Waals surface area contributed by atoms with Crippen LogP contribution in [0.4, 0.5) is 14.5 Å². The lowest BCUT2D eigenvalue weighted by atomic mass is 10.1. The van der Waals surface area contributed by atoms with Gasteiger partial charge < -0.3 is 18.9 Å².